The average molecular weight is 308 g/mol. The molecule has 0 bridgehead atoms. The van der Waals surface area contributed by atoms with Gasteiger partial charge in [-0.1, -0.05) is 39.3 Å². The fraction of sp³-hybridized carbons (Fsp3) is 0.895. The van der Waals surface area contributed by atoms with Crippen molar-refractivity contribution in [2.75, 3.05) is 13.2 Å². The van der Waals surface area contributed by atoms with Crippen molar-refractivity contribution in [3.63, 3.8) is 0 Å². The lowest BCUT2D eigenvalue weighted by atomic mass is 9.50. The maximum absolute atomic E-state index is 10.5. The molecule has 3 nitrogen and oxygen atoms in total. The van der Waals surface area contributed by atoms with Crippen molar-refractivity contribution in [1.29, 1.82) is 0 Å². The molecule has 1 saturated heterocycles. The highest BCUT2D eigenvalue weighted by atomic mass is 16.7. The second-order valence-electron chi connectivity index (χ2n) is 9.09. The van der Waals surface area contributed by atoms with Crippen LogP contribution in [0.5, 0.6) is 0 Å². The molecule has 1 saturated carbocycles. The highest BCUT2D eigenvalue weighted by Crippen LogP contribution is 2.60. The van der Waals surface area contributed by atoms with Gasteiger partial charge < -0.3 is 14.6 Å². The molecule has 0 radical (unpaired) electrons. The van der Waals surface area contributed by atoms with Crippen LogP contribution in [0.4, 0.5) is 0 Å². The Hall–Kier alpha value is -0.380. The van der Waals surface area contributed by atoms with Crippen molar-refractivity contribution >= 4 is 0 Å². The number of rotatable bonds is 0. The Morgan fingerprint density at radius 3 is 2.09 bits per heavy atom. The van der Waals surface area contributed by atoms with Gasteiger partial charge in [-0.15, -0.1) is 0 Å². The number of aliphatic hydroxyl groups excluding tert-OH is 1. The Labute approximate surface area is 135 Å². The molecule has 22 heavy (non-hydrogen) atoms. The molecule has 1 heterocycles. The van der Waals surface area contributed by atoms with E-state index in [1.807, 2.05) is 0 Å². The van der Waals surface area contributed by atoms with Crippen molar-refractivity contribution in [3.05, 3.63) is 11.6 Å². The predicted octanol–water partition coefficient (Wildman–Crippen LogP) is 4.05. The van der Waals surface area contributed by atoms with Crippen LogP contribution in [0.25, 0.3) is 0 Å². The number of ether oxygens (including phenoxy) is 2. The van der Waals surface area contributed by atoms with Gasteiger partial charge in [0.25, 0.3) is 0 Å². The van der Waals surface area contributed by atoms with Crippen molar-refractivity contribution in [3.8, 4) is 0 Å². The minimum absolute atomic E-state index is 0.0820. The molecule has 126 valence electrons. The molecule has 0 aromatic rings. The Kier molecular flexibility index (Phi) is 3.79. The molecule has 2 spiro atoms. The molecule has 1 atom stereocenters. The maximum Gasteiger partial charge on any atom is 0.168 e. The summed E-state index contributed by atoms with van der Waals surface area (Å²) in [6.07, 6.45) is 6.73. The third-order valence-electron chi connectivity index (χ3n) is 6.79. The van der Waals surface area contributed by atoms with E-state index in [0.717, 1.165) is 45.3 Å². The van der Waals surface area contributed by atoms with E-state index in [-0.39, 0.29) is 28.1 Å². The fourth-order valence-electron chi connectivity index (χ4n) is 4.73. The molecule has 3 heteroatoms. The lowest BCUT2D eigenvalue weighted by molar-refractivity contribution is -0.319. The van der Waals surface area contributed by atoms with Crippen LogP contribution in [0.1, 0.15) is 66.7 Å². The number of hydrogen-bond acceptors (Lipinski definition) is 3. The van der Waals surface area contributed by atoms with Crippen LogP contribution in [-0.4, -0.2) is 30.2 Å². The largest absolute Gasteiger partial charge is 0.392 e. The number of hydrogen-bond donors (Lipinski definition) is 1. The zero-order valence-corrected chi connectivity index (χ0v) is 14.9. The molecule has 2 aliphatic carbocycles. The van der Waals surface area contributed by atoms with Crippen LogP contribution in [0, 0.1) is 16.2 Å². The molecule has 0 aromatic heterocycles. The standard InChI is InChI=1S/C19H32O3/c1-14-6-7-15(20)17(4,5)18(14)8-10-19(11-9-18)21-12-16(2,3)13-22-19/h6,15,20H,7-13H2,1-5H3. The van der Waals surface area contributed by atoms with Crippen molar-refractivity contribution < 1.29 is 14.6 Å². The number of allylic oxidation sites excluding steroid dienone is 1. The monoisotopic (exact) mass is 308 g/mol. The average Bonchev–Trinajstić information content (AvgIpc) is 2.47. The normalized spacial score (nSPS) is 35.4. The smallest absolute Gasteiger partial charge is 0.168 e. The molecule has 2 fully saturated rings. The molecule has 0 amide bonds. The minimum Gasteiger partial charge on any atom is -0.392 e. The lowest BCUT2D eigenvalue weighted by Gasteiger charge is -2.58. The Morgan fingerprint density at radius 2 is 1.55 bits per heavy atom. The molecular weight excluding hydrogens is 276 g/mol. The van der Waals surface area contributed by atoms with Crippen LogP contribution in [0.15, 0.2) is 11.6 Å². The van der Waals surface area contributed by atoms with Crippen LogP contribution >= 0.6 is 0 Å². The summed E-state index contributed by atoms with van der Waals surface area (Å²) in [6, 6.07) is 0. The zero-order valence-electron chi connectivity index (χ0n) is 14.9. The van der Waals surface area contributed by atoms with E-state index in [1.165, 1.54) is 5.57 Å². The third-order valence-corrected chi connectivity index (χ3v) is 6.79. The van der Waals surface area contributed by atoms with Gasteiger partial charge in [0, 0.05) is 23.7 Å². The summed E-state index contributed by atoms with van der Waals surface area (Å²) in [5, 5.41) is 10.5. The van der Waals surface area contributed by atoms with Gasteiger partial charge in [0.15, 0.2) is 5.79 Å². The zero-order chi connectivity index (χ0) is 16.2. The molecule has 1 N–H and O–H groups in total. The molecule has 1 unspecified atom stereocenters. The van der Waals surface area contributed by atoms with E-state index >= 15 is 0 Å². The van der Waals surface area contributed by atoms with Crippen LogP contribution in [0.3, 0.4) is 0 Å². The van der Waals surface area contributed by atoms with Gasteiger partial charge in [0.05, 0.1) is 19.3 Å². The SMILES string of the molecule is CC1=CCC(O)C(C)(C)C12CCC1(CC2)OCC(C)(C)CO1. The van der Waals surface area contributed by atoms with Crippen LogP contribution < -0.4 is 0 Å². The first-order valence-corrected chi connectivity index (χ1v) is 8.76. The van der Waals surface area contributed by atoms with E-state index < -0.39 is 0 Å². The second kappa shape index (κ2) is 5.06. The molecule has 3 aliphatic rings. The highest BCUT2D eigenvalue weighted by Gasteiger charge is 2.56. The third kappa shape index (κ3) is 2.37. The van der Waals surface area contributed by atoms with Gasteiger partial charge in [-0.3, -0.25) is 0 Å². The lowest BCUT2D eigenvalue weighted by Crippen LogP contribution is -2.56. The van der Waals surface area contributed by atoms with Crippen molar-refractivity contribution in [2.24, 2.45) is 16.2 Å². The van der Waals surface area contributed by atoms with Crippen LogP contribution in [-0.2, 0) is 9.47 Å². The van der Waals surface area contributed by atoms with Gasteiger partial charge in [-0.25, -0.2) is 0 Å². The summed E-state index contributed by atoms with van der Waals surface area (Å²) in [7, 11) is 0. The van der Waals surface area contributed by atoms with Crippen molar-refractivity contribution in [2.45, 2.75) is 78.6 Å². The summed E-state index contributed by atoms with van der Waals surface area (Å²) in [5.74, 6) is -0.375. The minimum atomic E-state index is -0.375. The van der Waals surface area contributed by atoms with E-state index in [1.54, 1.807) is 0 Å². The second-order valence-corrected chi connectivity index (χ2v) is 9.09. The first kappa shape index (κ1) is 16.5. The van der Waals surface area contributed by atoms with Gasteiger partial charge in [0.1, 0.15) is 0 Å². The summed E-state index contributed by atoms with van der Waals surface area (Å²) in [4.78, 5) is 0. The first-order chi connectivity index (χ1) is 10.1. The quantitative estimate of drug-likeness (QED) is 0.686. The van der Waals surface area contributed by atoms with Gasteiger partial charge in [0.2, 0.25) is 0 Å². The topological polar surface area (TPSA) is 38.7 Å². The van der Waals surface area contributed by atoms with Gasteiger partial charge in [-0.2, -0.15) is 0 Å². The van der Waals surface area contributed by atoms with Gasteiger partial charge in [-0.05, 0) is 31.6 Å². The summed E-state index contributed by atoms with van der Waals surface area (Å²) < 4.78 is 12.4. The Morgan fingerprint density at radius 1 is 1.00 bits per heavy atom. The van der Waals surface area contributed by atoms with E-state index in [2.05, 4.69) is 40.7 Å². The summed E-state index contributed by atoms with van der Waals surface area (Å²) in [6.45, 7) is 12.7. The molecular formula is C19H32O3. The van der Waals surface area contributed by atoms with Gasteiger partial charge >= 0.3 is 0 Å². The predicted molar refractivity (Wildman–Crippen MR) is 87.5 cm³/mol. The number of aliphatic hydroxyl groups is 1. The first-order valence-electron chi connectivity index (χ1n) is 8.76. The van der Waals surface area contributed by atoms with E-state index in [4.69, 9.17) is 9.47 Å². The Balaban J connectivity index is 1.78. The summed E-state index contributed by atoms with van der Waals surface area (Å²) >= 11 is 0. The molecule has 0 aromatic carbocycles. The van der Waals surface area contributed by atoms with E-state index in [0.29, 0.717) is 0 Å². The molecule has 3 rings (SSSR count). The maximum atomic E-state index is 10.5. The summed E-state index contributed by atoms with van der Waals surface area (Å²) in [5.41, 5.74) is 1.59. The van der Waals surface area contributed by atoms with Crippen molar-refractivity contribution in [1.82, 2.24) is 0 Å². The van der Waals surface area contributed by atoms with Crippen LogP contribution in [0.2, 0.25) is 0 Å². The van der Waals surface area contributed by atoms with E-state index in [9.17, 15) is 5.11 Å². The fourth-order valence-corrected chi connectivity index (χ4v) is 4.73. The molecule has 1 aliphatic heterocycles. The Bertz CT molecular complexity index is 455. The highest BCUT2D eigenvalue weighted by molar-refractivity contribution is 5.24.